The monoisotopic (exact) mass is 1940 g/mol. The number of thioether (sulfide) groups is 4. The fourth-order valence-corrected chi connectivity index (χ4v) is 41.3. The van der Waals surface area contributed by atoms with Gasteiger partial charge in [0.15, 0.2) is 0 Å². The van der Waals surface area contributed by atoms with Crippen molar-refractivity contribution in [3.05, 3.63) is 114 Å². The molecule has 12 rings (SSSR count). The molecular formula is C89H115O4S14Sn2-. The van der Waals surface area contributed by atoms with Gasteiger partial charge in [0.25, 0.3) is 0 Å². The molecule has 2 aromatic carbocycles. The van der Waals surface area contributed by atoms with Crippen LogP contribution in [0.25, 0.3) is 102 Å². The summed E-state index contributed by atoms with van der Waals surface area (Å²) in [6, 6.07) is 32.9. The topological polar surface area (TPSA) is 52.6 Å². The molecule has 0 radical (unpaired) electrons. The molecular weight excluding hydrogens is 1820 g/mol. The van der Waals surface area contributed by atoms with Gasteiger partial charge >= 0.3 is 315 Å². The van der Waals surface area contributed by atoms with Gasteiger partial charge in [0, 0.05) is 62.3 Å². The standard InChI is InChI=1S/C48H54O4S8.C34H40S6.7CH3.2Sn/c1-7-13-15-29(9-3)27-55-39-19-17-35(57-39)41-33-25-37(43-31(21-23-53-43)47(49)51-11-5)60-46(33)42(36-18-20-40(58-36)56-28-30(10-4)16-14-8-2)34-26-38(59-45(34)41)44-32(22-24-54-44)48(50)52-12-6;1-5-9-11-23(7-3)21-37-29-15-13-27(39-29)31-25-17-19-36-34(25)32(26-18-20-35-33(26)31)28-14-16-30(40-28)38-22-24(8-4)12-10-6-2;;;;;;;;;/h17-26,29-30H,7-16,27-28H2,1-6H3;13-18,23-24H,5-12,21-22H2,1-4H3;7*1H3;;/q;;;;;;;;-1;;. The molecule has 0 spiro atoms. The minimum Gasteiger partial charge on any atom is -0.462 e. The predicted molar refractivity (Wildman–Crippen MR) is 515 cm³/mol. The maximum Gasteiger partial charge on any atom is 0.339 e. The summed E-state index contributed by atoms with van der Waals surface area (Å²) in [6.07, 6.45) is 20.7. The molecule has 588 valence electrons. The zero-order valence-electron chi connectivity index (χ0n) is 67.5. The van der Waals surface area contributed by atoms with Gasteiger partial charge in [-0.15, -0.1) is 91.5 Å². The zero-order valence-corrected chi connectivity index (χ0v) is 84.6. The van der Waals surface area contributed by atoms with Crippen molar-refractivity contribution in [1.82, 2.24) is 0 Å². The quantitative estimate of drug-likeness (QED) is 0.0163. The van der Waals surface area contributed by atoms with E-state index >= 15 is 0 Å². The van der Waals surface area contributed by atoms with Crippen LogP contribution in [0.3, 0.4) is 0 Å². The fourth-order valence-electron chi connectivity index (χ4n) is 13.7. The molecule has 0 saturated carbocycles. The third-order valence-corrected chi connectivity index (χ3v) is 56.4. The molecule has 4 nitrogen and oxygen atoms in total. The fraction of sp³-hybridized carbons (Fsp3) is 0.472. The summed E-state index contributed by atoms with van der Waals surface area (Å²) in [5.41, 5.74) is 6.78. The first-order chi connectivity index (χ1) is 52.2. The Morgan fingerprint density at radius 2 is 0.633 bits per heavy atom. The average Bonchev–Trinajstić information content (AvgIpc) is 1.57. The molecule has 10 aromatic heterocycles. The second kappa shape index (κ2) is 42.7. The maximum absolute atomic E-state index is 13.2. The minimum atomic E-state index is -2.33. The van der Waals surface area contributed by atoms with Crippen LogP contribution in [0.5, 0.6) is 0 Å². The van der Waals surface area contributed by atoms with E-state index < -0.39 is 36.8 Å². The number of carbonyl (C=O) groups excluding carboxylic acids is 2. The van der Waals surface area contributed by atoms with Crippen molar-refractivity contribution < 1.29 is 19.1 Å². The number of esters is 2. The van der Waals surface area contributed by atoms with Crippen molar-refractivity contribution in [3.63, 3.8) is 0 Å². The van der Waals surface area contributed by atoms with E-state index in [0.717, 1.165) is 42.9 Å². The second-order valence-electron chi connectivity index (χ2n) is 30.6. The molecule has 12 aromatic rings. The number of rotatable bonds is 40. The van der Waals surface area contributed by atoms with Gasteiger partial charge in [-0.2, -0.15) is 0 Å². The van der Waals surface area contributed by atoms with Crippen LogP contribution >= 0.6 is 160 Å². The molecule has 0 bridgehead atoms. The first-order valence-electron chi connectivity index (χ1n) is 39.7. The summed E-state index contributed by atoms with van der Waals surface area (Å²) >= 11 is 22.5. The van der Waals surface area contributed by atoms with E-state index in [1.165, 1.54) is 204 Å². The van der Waals surface area contributed by atoms with Crippen LogP contribution in [0.15, 0.2) is 113 Å². The molecule has 10 heterocycles. The van der Waals surface area contributed by atoms with Gasteiger partial charge in [0.2, 0.25) is 0 Å². The Kier molecular flexibility index (Phi) is 35.2. The average molecular weight is 1940 g/mol. The van der Waals surface area contributed by atoms with Gasteiger partial charge in [-0.25, -0.2) is 9.59 Å². The molecule has 0 amide bonds. The number of benzene rings is 2. The summed E-state index contributed by atoms with van der Waals surface area (Å²) in [7, 11) is 0. The number of unbranched alkanes of at least 4 members (excludes halogenated alkanes) is 4. The number of hydrogen-bond donors (Lipinski definition) is 0. The van der Waals surface area contributed by atoms with Crippen LogP contribution in [-0.2, 0) is 9.47 Å². The predicted octanol–water partition coefficient (Wildman–Crippen LogP) is 33.7. The van der Waals surface area contributed by atoms with Crippen molar-refractivity contribution in [2.24, 2.45) is 23.7 Å². The molecule has 20 heteroatoms. The van der Waals surface area contributed by atoms with Crippen LogP contribution in [-0.4, -0.2) is 84.9 Å². The van der Waals surface area contributed by atoms with E-state index in [1.807, 2.05) is 82.9 Å². The molecule has 0 aliphatic carbocycles. The molecule has 0 saturated heterocycles. The third-order valence-electron chi connectivity index (χ3n) is 20.5. The first-order valence-corrected chi connectivity index (χ1v) is 71.9. The third kappa shape index (κ3) is 22.2. The van der Waals surface area contributed by atoms with E-state index in [2.05, 4.69) is 227 Å². The second-order valence-corrected chi connectivity index (χ2v) is 77.1. The maximum atomic E-state index is 13.2. The molecule has 4 atom stereocenters. The first kappa shape index (κ1) is 89.8. The van der Waals surface area contributed by atoms with Crippen molar-refractivity contribution in [3.8, 4) is 61.3 Å². The number of thiophene rings is 10. The summed E-state index contributed by atoms with van der Waals surface area (Å²) in [4.78, 5) is 51.6. The van der Waals surface area contributed by atoms with Crippen LogP contribution in [0.4, 0.5) is 0 Å². The SMILES string of the molecule is CCCCC(CC)CSc1ccc(-c2c3c[c]([Sn]([CH3])([CH3])[CH3])sc3c(-c3ccc(SCC(CC)CCCC)s3)c3c[c]([Sn]([CH3])([CH3])[CH3])sc23)s1.CCCCC(CC)CSc1ccc(-c2c3cc(-c4sccc4C(=O)OCC)sc3c(-c3ccc(SCC(CC)CCCC)s3)c3cc(-c4sccc4C(=O)OCC)sc23)s1.[CH3-]. The Bertz CT molecular complexity index is 4470. The van der Waals surface area contributed by atoms with Crippen LogP contribution in [0, 0.1) is 31.1 Å². The van der Waals surface area contributed by atoms with Crippen LogP contribution in [0.1, 0.15) is 193 Å². The number of fused-ring (bicyclic) bond motifs is 4. The Labute approximate surface area is 719 Å². The smallest absolute Gasteiger partial charge is 0.339 e. The van der Waals surface area contributed by atoms with E-state index in [4.69, 9.17) is 9.47 Å². The molecule has 0 aliphatic rings. The van der Waals surface area contributed by atoms with Crippen molar-refractivity contribution in [2.45, 2.75) is 218 Å². The van der Waals surface area contributed by atoms with Crippen LogP contribution in [0.2, 0.25) is 29.6 Å². The number of hydrogen-bond acceptors (Lipinski definition) is 18. The van der Waals surface area contributed by atoms with Crippen molar-refractivity contribution in [2.75, 3.05) is 36.2 Å². The Morgan fingerprint density at radius 1 is 0.358 bits per heavy atom. The van der Waals surface area contributed by atoms with Gasteiger partial charge in [-0.05, 0) is 97.8 Å². The van der Waals surface area contributed by atoms with Gasteiger partial charge in [-0.1, -0.05) is 92.9 Å². The van der Waals surface area contributed by atoms with Gasteiger partial charge in [0.1, 0.15) is 0 Å². The number of ether oxygens (including phenoxy) is 2. The minimum absolute atomic E-state index is 0. The normalized spacial score (nSPS) is 13.2. The number of carbonyl (C=O) groups is 2. The van der Waals surface area contributed by atoms with E-state index in [-0.39, 0.29) is 19.4 Å². The summed E-state index contributed by atoms with van der Waals surface area (Å²) in [6.45, 7) is 23.0. The molecule has 109 heavy (non-hydrogen) atoms. The Hall–Kier alpha value is -1.58. The summed E-state index contributed by atoms with van der Waals surface area (Å²) in [5.74, 6) is 7.29. The molecule has 0 N–H and O–H groups in total. The van der Waals surface area contributed by atoms with Crippen molar-refractivity contribution >= 4 is 255 Å². The zero-order chi connectivity index (χ0) is 76.8. The molecule has 0 aliphatic heterocycles. The van der Waals surface area contributed by atoms with E-state index in [9.17, 15) is 9.59 Å². The summed E-state index contributed by atoms with van der Waals surface area (Å²) < 4.78 is 25.7. The van der Waals surface area contributed by atoms with E-state index in [0.29, 0.717) is 36.2 Å². The summed E-state index contributed by atoms with van der Waals surface area (Å²) in [5, 5.41) is 9.46. The molecule has 0 fully saturated rings. The Balaban J connectivity index is 0.000000236. The van der Waals surface area contributed by atoms with Crippen molar-refractivity contribution in [1.29, 1.82) is 0 Å². The Morgan fingerprint density at radius 3 is 0.890 bits per heavy atom. The largest absolute Gasteiger partial charge is 0.462 e. The van der Waals surface area contributed by atoms with Gasteiger partial charge in [0.05, 0.1) is 42.5 Å². The van der Waals surface area contributed by atoms with Crippen LogP contribution < -0.4 is 5.79 Å². The van der Waals surface area contributed by atoms with E-state index in [1.54, 1.807) is 60.5 Å². The molecule has 4 unspecified atom stereocenters. The van der Waals surface area contributed by atoms with Gasteiger partial charge in [-0.3, -0.25) is 0 Å². The van der Waals surface area contributed by atoms with Gasteiger partial charge < -0.3 is 16.9 Å².